The fourth-order valence-electron chi connectivity index (χ4n) is 3.60. The second kappa shape index (κ2) is 11.7. The highest BCUT2D eigenvalue weighted by molar-refractivity contribution is 6.00. The average Bonchev–Trinajstić information content (AvgIpc) is 3.14. The Kier molecular flexibility index (Phi) is 10.3. The number of nitrogens with one attached hydrogen (secondary N) is 2. The molecule has 26 heavy (non-hydrogen) atoms. The summed E-state index contributed by atoms with van der Waals surface area (Å²) in [5, 5.41) is 6.49. The zero-order valence-corrected chi connectivity index (χ0v) is 17.3. The quantitative estimate of drug-likeness (QED) is 0.717. The number of hydrogen-bond donors (Lipinski definition) is 2. The van der Waals surface area contributed by atoms with Gasteiger partial charge in [0.25, 0.3) is 5.91 Å². The van der Waals surface area contributed by atoms with Gasteiger partial charge in [0.1, 0.15) is 0 Å². The molecular formula is C19H32Cl2N4O. The zero-order chi connectivity index (χ0) is 16.8. The molecule has 2 N–H and O–H groups in total. The summed E-state index contributed by atoms with van der Waals surface area (Å²) in [5.41, 5.74) is 3.07. The molecule has 0 unspecified atom stereocenters. The lowest BCUT2D eigenvalue weighted by molar-refractivity contribution is 0.0951. The van der Waals surface area contributed by atoms with Gasteiger partial charge in [-0.3, -0.25) is 4.79 Å². The maximum Gasteiger partial charge on any atom is 0.253 e. The predicted octanol–water partition coefficient (Wildman–Crippen LogP) is 2.46. The van der Waals surface area contributed by atoms with Crippen molar-refractivity contribution < 1.29 is 4.79 Å². The SMILES string of the molecule is Cc1ccc(N2CCCC2)c(C(=O)NCCCN2CCNCC2)c1.Cl.Cl. The number of anilines is 1. The summed E-state index contributed by atoms with van der Waals surface area (Å²) in [6.45, 7) is 10.4. The van der Waals surface area contributed by atoms with E-state index in [0.29, 0.717) is 0 Å². The third-order valence-corrected chi connectivity index (χ3v) is 4.99. The molecule has 2 saturated heterocycles. The number of benzene rings is 1. The molecule has 1 aromatic carbocycles. The van der Waals surface area contributed by atoms with Crippen LogP contribution < -0.4 is 15.5 Å². The lowest BCUT2D eigenvalue weighted by atomic mass is 10.1. The first-order valence-corrected chi connectivity index (χ1v) is 9.31. The van der Waals surface area contributed by atoms with Crippen molar-refractivity contribution in [3.63, 3.8) is 0 Å². The molecule has 0 aliphatic carbocycles. The Hall–Kier alpha value is -1.01. The standard InChI is InChI=1S/C19H30N4O.2ClH/c1-16-5-6-18(23-11-2-3-12-23)17(15-16)19(24)21-7-4-10-22-13-8-20-9-14-22;;/h5-6,15,20H,2-4,7-14H2,1H3,(H,21,24);2*1H. The molecular weight excluding hydrogens is 371 g/mol. The molecule has 0 spiro atoms. The highest BCUT2D eigenvalue weighted by Crippen LogP contribution is 2.25. The summed E-state index contributed by atoms with van der Waals surface area (Å²) in [4.78, 5) is 17.5. The van der Waals surface area contributed by atoms with E-state index in [1.165, 1.54) is 12.8 Å². The molecule has 2 fully saturated rings. The van der Waals surface area contributed by atoms with Crippen LogP contribution in [0.25, 0.3) is 0 Å². The van der Waals surface area contributed by atoms with E-state index in [0.717, 1.165) is 75.6 Å². The van der Waals surface area contributed by atoms with Gasteiger partial charge in [-0.25, -0.2) is 0 Å². The first kappa shape index (κ1) is 23.0. The summed E-state index contributed by atoms with van der Waals surface area (Å²) in [6.07, 6.45) is 3.45. The van der Waals surface area contributed by atoms with Crippen molar-refractivity contribution in [2.24, 2.45) is 0 Å². The number of amides is 1. The van der Waals surface area contributed by atoms with E-state index in [1.54, 1.807) is 0 Å². The van der Waals surface area contributed by atoms with Gasteiger partial charge in [0.05, 0.1) is 5.56 Å². The molecule has 0 aromatic heterocycles. The monoisotopic (exact) mass is 402 g/mol. The van der Waals surface area contributed by atoms with E-state index < -0.39 is 0 Å². The Labute approximate surface area is 169 Å². The fourth-order valence-corrected chi connectivity index (χ4v) is 3.60. The summed E-state index contributed by atoms with van der Waals surface area (Å²) >= 11 is 0. The second-order valence-electron chi connectivity index (χ2n) is 6.92. The Balaban J connectivity index is 0.00000169. The van der Waals surface area contributed by atoms with Crippen LogP contribution in [0.4, 0.5) is 5.69 Å². The number of aryl methyl sites for hydroxylation is 1. The van der Waals surface area contributed by atoms with E-state index >= 15 is 0 Å². The van der Waals surface area contributed by atoms with Crippen molar-refractivity contribution in [2.75, 3.05) is 57.3 Å². The first-order valence-electron chi connectivity index (χ1n) is 9.31. The number of carbonyl (C=O) groups is 1. The molecule has 2 heterocycles. The molecule has 7 heteroatoms. The predicted molar refractivity (Wildman–Crippen MR) is 113 cm³/mol. The van der Waals surface area contributed by atoms with Gasteiger partial charge >= 0.3 is 0 Å². The third kappa shape index (κ3) is 6.31. The average molecular weight is 403 g/mol. The number of hydrogen-bond acceptors (Lipinski definition) is 4. The van der Waals surface area contributed by atoms with Gasteiger partial charge in [0, 0.05) is 51.5 Å². The molecule has 0 bridgehead atoms. The Bertz CT molecular complexity index is 558. The lowest BCUT2D eigenvalue weighted by Crippen LogP contribution is -2.44. The summed E-state index contributed by atoms with van der Waals surface area (Å²) in [7, 11) is 0. The molecule has 0 atom stereocenters. The minimum atomic E-state index is 0. The van der Waals surface area contributed by atoms with E-state index in [-0.39, 0.29) is 30.7 Å². The van der Waals surface area contributed by atoms with Crippen LogP contribution in [0.5, 0.6) is 0 Å². The summed E-state index contributed by atoms with van der Waals surface area (Å²) < 4.78 is 0. The van der Waals surface area contributed by atoms with Gasteiger partial charge in [-0.05, 0) is 44.9 Å². The highest BCUT2D eigenvalue weighted by Gasteiger charge is 2.19. The number of nitrogens with zero attached hydrogens (tertiary/aromatic N) is 2. The maximum absolute atomic E-state index is 12.7. The topological polar surface area (TPSA) is 47.6 Å². The molecule has 2 aliphatic rings. The highest BCUT2D eigenvalue weighted by atomic mass is 35.5. The van der Waals surface area contributed by atoms with E-state index in [9.17, 15) is 4.79 Å². The van der Waals surface area contributed by atoms with Crippen LogP contribution in [0, 0.1) is 6.92 Å². The van der Waals surface area contributed by atoms with Gasteiger partial charge in [-0.2, -0.15) is 0 Å². The van der Waals surface area contributed by atoms with Crippen LogP contribution in [0.15, 0.2) is 18.2 Å². The Morgan fingerprint density at radius 1 is 1.12 bits per heavy atom. The number of piperazine rings is 1. The molecule has 1 aromatic rings. The summed E-state index contributed by atoms with van der Waals surface area (Å²) in [6, 6.07) is 6.24. The van der Waals surface area contributed by atoms with Crippen molar-refractivity contribution in [2.45, 2.75) is 26.2 Å². The zero-order valence-electron chi connectivity index (χ0n) is 15.6. The van der Waals surface area contributed by atoms with E-state index in [2.05, 4.69) is 39.5 Å². The van der Waals surface area contributed by atoms with E-state index in [1.807, 2.05) is 6.07 Å². The smallest absolute Gasteiger partial charge is 0.253 e. The van der Waals surface area contributed by atoms with Crippen LogP contribution in [0.1, 0.15) is 35.2 Å². The second-order valence-corrected chi connectivity index (χ2v) is 6.92. The largest absolute Gasteiger partial charge is 0.371 e. The van der Waals surface area contributed by atoms with Gasteiger partial charge in [-0.1, -0.05) is 11.6 Å². The van der Waals surface area contributed by atoms with Crippen LogP contribution in [-0.2, 0) is 0 Å². The first-order chi connectivity index (χ1) is 11.7. The van der Waals surface area contributed by atoms with Crippen molar-refractivity contribution in [1.82, 2.24) is 15.5 Å². The van der Waals surface area contributed by atoms with Crippen molar-refractivity contribution >= 4 is 36.4 Å². The lowest BCUT2D eigenvalue weighted by Gasteiger charge is -2.27. The van der Waals surface area contributed by atoms with Crippen molar-refractivity contribution in [3.8, 4) is 0 Å². The Morgan fingerprint density at radius 2 is 1.81 bits per heavy atom. The number of carbonyl (C=O) groups excluding carboxylic acids is 1. The molecule has 3 rings (SSSR count). The normalized spacial score (nSPS) is 17.3. The van der Waals surface area contributed by atoms with Crippen LogP contribution in [0.2, 0.25) is 0 Å². The van der Waals surface area contributed by atoms with Crippen LogP contribution in [0.3, 0.4) is 0 Å². The molecule has 1 amide bonds. The Morgan fingerprint density at radius 3 is 2.50 bits per heavy atom. The molecule has 0 radical (unpaired) electrons. The maximum atomic E-state index is 12.7. The van der Waals surface area contributed by atoms with Crippen molar-refractivity contribution in [3.05, 3.63) is 29.3 Å². The molecule has 0 saturated carbocycles. The molecule has 148 valence electrons. The third-order valence-electron chi connectivity index (χ3n) is 4.99. The van der Waals surface area contributed by atoms with Crippen molar-refractivity contribution in [1.29, 1.82) is 0 Å². The van der Waals surface area contributed by atoms with Gasteiger partial charge in [0.15, 0.2) is 0 Å². The fraction of sp³-hybridized carbons (Fsp3) is 0.632. The minimum absolute atomic E-state index is 0. The molecule has 2 aliphatic heterocycles. The number of rotatable bonds is 6. The van der Waals surface area contributed by atoms with Gasteiger partial charge in [-0.15, -0.1) is 24.8 Å². The molecule has 5 nitrogen and oxygen atoms in total. The van der Waals surface area contributed by atoms with Crippen LogP contribution >= 0.6 is 24.8 Å². The minimum Gasteiger partial charge on any atom is -0.371 e. The number of halogens is 2. The van der Waals surface area contributed by atoms with Crippen LogP contribution in [-0.4, -0.2) is 63.2 Å². The summed E-state index contributed by atoms with van der Waals surface area (Å²) in [5.74, 6) is 0.0703. The van der Waals surface area contributed by atoms with E-state index in [4.69, 9.17) is 0 Å². The van der Waals surface area contributed by atoms with Gasteiger partial charge < -0.3 is 20.4 Å². The van der Waals surface area contributed by atoms with Gasteiger partial charge in [0.2, 0.25) is 0 Å².